The molecule has 0 saturated carbocycles. The van der Waals surface area contributed by atoms with Crippen LogP contribution in [-0.2, 0) is 13.2 Å². The van der Waals surface area contributed by atoms with E-state index >= 15 is 0 Å². The summed E-state index contributed by atoms with van der Waals surface area (Å²) >= 11 is 0. The van der Waals surface area contributed by atoms with Gasteiger partial charge >= 0.3 is 6.18 Å². The third kappa shape index (κ3) is 4.69. The second-order valence-corrected chi connectivity index (χ2v) is 8.67. The van der Waals surface area contributed by atoms with Gasteiger partial charge in [0.15, 0.2) is 5.43 Å². The van der Waals surface area contributed by atoms with Gasteiger partial charge in [-0.2, -0.15) is 18.3 Å². The Morgan fingerprint density at radius 3 is 2.47 bits per heavy atom. The van der Waals surface area contributed by atoms with Crippen LogP contribution in [0.1, 0.15) is 36.2 Å². The largest absolute Gasteiger partial charge is 0.433 e. The van der Waals surface area contributed by atoms with E-state index in [1.54, 1.807) is 31.0 Å². The van der Waals surface area contributed by atoms with Gasteiger partial charge in [-0.1, -0.05) is 0 Å². The summed E-state index contributed by atoms with van der Waals surface area (Å²) < 4.78 is 70.3. The van der Waals surface area contributed by atoms with Crippen molar-refractivity contribution in [2.45, 2.75) is 45.2 Å². The highest BCUT2D eigenvalue weighted by Gasteiger charge is 2.37. The Balaban J connectivity index is 1.87. The molecule has 4 rings (SSSR count). The molecule has 0 unspecified atom stereocenters. The minimum atomic E-state index is -4.71. The van der Waals surface area contributed by atoms with Crippen molar-refractivity contribution in [2.24, 2.45) is 7.05 Å². The molecule has 11 heteroatoms. The van der Waals surface area contributed by atoms with Crippen LogP contribution in [0.5, 0.6) is 0 Å². The average molecular weight is 481 g/mol. The van der Waals surface area contributed by atoms with E-state index in [9.17, 15) is 26.7 Å². The monoisotopic (exact) mass is 481 g/mol. The lowest BCUT2D eigenvalue weighted by Crippen LogP contribution is -2.28. The Bertz CT molecular complexity index is 1280. The highest BCUT2D eigenvalue weighted by Crippen LogP contribution is 2.38. The molecule has 0 aromatic carbocycles. The maximum absolute atomic E-state index is 13.9. The summed E-state index contributed by atoms with van der Waals surface area (Å²) in [5.74, 6) is -2.96. The fraction of sp³-hybridized carbons (Fsp3) is 0.435. The molecule has 34 heavy (non-hydrogen) atoms. The molecule has 3 aromatic rings. The molecule has 182 valence electrons. The molecule has 0 bridgehead atoms. The van der Waals surface area contributed by atoms with Gasteiger partial charge in [-0.3, -0.25) is 9.48 Å². The Kier molecular flexibility index (Phi) is 5.99. The number of H-pyrrole nitrogens is 1. The third-order valence-corrected chi connectivity index (χ3v) is 5.98. The lowest BCUT2D eigenvalue weighted by Gasteiger charge is -2.26. The van der Waals surface area contributed by atoms with Crippen molar-refractivity contribution in [3.05, 3.63) is 51.7 Å². The number of alkyl halides is 5. The van der Waals surface area contributed by atoms with Crippen molar-refractivity contribution < 1.29 is 22.0 Å². The number of pyridine rings is 2. The predicted molar refractivity (Wildman–Crippen MR) is 118 cm³/mol. The summed E-state index contributed by atoms with van der Waals surface area (Å²) in [6, 6.07) is 2.61. The van der Waals surface area contributed by atoms with Crippen LogP contribution in [0.25, 0.3) is 22.4 Å². The second kappa shape index (κ2) is 8.52. The Morgan fingerprint density at radius 2 is 1.85 bits per heavy atom. The number of aromatic nitrogens is 4. The molecule has 4 heterocycles. The number of aryl methyl sites for hydroxylation is 3. The van der Waals surface area contributed by atoms with Crippen LogP contribution in [0.4, 0.5) is 27.8 Å². The number of aromatic amines is 1. The molecule has 0 aliphatic carbocycles. The molecule has 0 amide bonds. The third-order valence-electron chi connectivity index (χ3n) is 5.98. The SMILES string of the molecule is Cc1cc(-c2cc(=O)c(-c3cnn(C)c3)c(C)[nH]2)c(N2CCCC(F)(F)CC2)nc1C(F)(F)F. The molecule has 1 fully saturated rings. The Labute approximate surface area is 192 Å². The van der Waals surface area contributed by atoms with Crippen LogP contribution in [0, 0.1) is 13.8 Å². The predicted octanol–water partition coefficient (Wildman–Crippen LogP) is 5.10. The fourth-order valence-corrected chi connectivity index (χ4v) is 4.35. The van der Waals surface area contributed by atoms with Gasteiger partial charge in [0, 0.05) is 62.1 Å². The van der Waals surface area contributed by atoms with Crippen LogP contribution in [0.3, 0.4) is 0 Å². The van der Waals surface area contributed by atoms with E-state index in [4.69, 9.17) is 0 Å². The molecule has 3 aromatic heterocycles. The van der Waals surface area contributed by atoms with Crippen LogP contribution >= 0.6 is 0 Å². The first-order valence-electron chi connectivity index (χ1n) is 10.8. The molecular formula is C23H24F5N5O. The highest BCUT2D eigenvalue weighted by atomic mass is 19.4. The highest BCUT2D eigenvalue weighted by molar-refractivity contribution is 5.77. The summed E-state index contributed by atoms with van der Waals surface area (Å²) in [5.41, 5.74) is 0.481. The number of rotatable bonds is 3. The fourth-order valence-electron chi connectivity index (χ4n) is 4.35. The number of halogens is 5. The quantitative estimate of drug-likeness (QED) is 0.529. The molecule has 6 nitrogen and oxygen atoms in total. The van der Waals surface area contributed by atoms with Gasteiger partial charge < -0.3 is 9.88 Å². The number of hydrogen-bond acceptors (Lipinski definition) is 4. The first-order chi connectivity index (χ1) is 15.9. The van der Waals surface area contributed by atoms with E-state index < -0.39 is 24.2 Å². The average Bonchev–Trinajstić information content (AvgIpc) is 3.05. The number of nitrogens with one attached hydrogen (secondary N) is 1. The van der Waals surface area contributed by atoms with Gasteiger partial charge in [0.2, 0.25) is 5.92 Å². The van der Waals surface area contributed by atoms with Crippen LogP contribution in [0.2, 0.25) is 0 Å². The molecule has 1 aliphatic rings. The van der Waals surface area contributed by atoms with Crippen molar-refractivity contribution in [1.29, 1.82) is 0 Å². The number of nitrogens with zero attached hydrogens (tertiary/aromatic N) is 4. The van der Waals surface area contributed by atoms with E-state index in [2.05, 4.69) is 15.1 Å². The minimum absolute atomic E-state index is 0.0696. The first-order valence-corrected chi connectivity index (χ1v) is 10.8. The number of anilines is 1. The topological polar surface area (TPSA) is 66.8 Å². The van der Waals surface area contributed by atoms with Gasteiger partial charge in [0.25, 0.3) is 0 Å². The maximum atomic E-state index is 13.9. The Morgan fingerprint density at radius 1 is 1.12 bits per heavy atom. The normalized spacial score (nSPS) is 16.5. The van der Waals surface area contributed by atoms with Crippen molar-refractivity contribution >= 4 is 5.82 Å². The molecule has 1 N–H and O–H groups in total. The lowest BCUT2D eigenvalue weighted by atomic mass is 10.0. The summed E-state index contributed by atoms with van der Waals surface area (Å²) in [6.45, 7) is 2.95. The zero-order chi connectivity index (χ0) is 24.8. The van der Waals surface area contributed by atoms with Crippen molar-refractivity contribution in [1.82, 2.24) is 19.7 Å². The van der Waals surface area contributed by atoms with Gasteiger partial charge in [-0.05, 0) is 31.9 Å². The number of hydrogen-bond donors (Lipinski definition) is 1. The van der Waals surface area contributed by atoms with Gasteiger partial charge in [-0.15, -0.1) is 0 Å². The zero-order valence-electron chi connectivity index (χ0n) is 18.9. The minimum Gasteiger partial charge on any atom is -0.358 e. The van der Waals surface area contributed by atoms with E-state index in [1.807, 2.05) is 0 Å². The van der Waals surface area contributed by atoms with Crippen LogP contribution in [-0.4, -0.2) is 38.8 Å². The van der Waals surface area contributed by atoms with E-state index in [0.717, 1.165) is 0 Å². The van der Waals surface area contributed by atoms with E-state index in [-0.39, 0.29) is 54.0 Å². The standard InChI is InChI=1S/C23H24F5N5O/c1-13-9-16(17-10-18(34)19(14(2)30-17)15-11-29-32(3)12-15)21(31-20(13)23(26,27)28)33-7-4-5-22(24,25)6-8-33/h9-12H,4-8H2,1-3H3,(H,30,34). The van der Waals surface area contributed by atoms with Crippen molar-refractivity contribution in [3.63, 3.8) is 0 Å². The first kappa shape index (κ1) is 23.9. The van der Waals surface area contributed by atoms with Crippen LogP contribution < -0.4 is 10.3 Å². The smallest absolute Gasteiger partial charge is 0.358 e. The molecule has 0 atom stereocenters. The van der Waals surface area contributed by atoms with E-state index in [1.165, 1.54) is 24.0 Å². The molecule has 0 radical (unpaired) electrons. The maximum Gasteiger partial charge on any atom is 0.433 e. The van der Waals surface area contributed by atoms with Crippen molar-refractivity contribution in [3.8, 4) is 22.4 Å². The van der Waals surface area contributed by atoms with Crippen molar-refractivity contribution in [2.75, 3.05) is 18.0 Å². The molecular weight excluding hydrogens is 457 g/mol. The van der Waals surface area contributed by atoms with Crippen LogP contribution in [0.15, 0.2) is 29.3 Å². The zero-order valence-corrected chi connectivity index (χ0v) is 18.9. The Hall–Kier alpha value is -3.24. The van der Waals surface area contributed by atoms with Gasteiger partial charge in [0.1, 0.15) is 11.5 Å². The second-order valence-electron chi connectivity index (χ2n) is 8.67. The summed E-state index contributed by atoms with van der Waals surface area (Å²) in [5, 5.41) is 4.08. The molecule has 1 aliphatic heterocycles. The van der Waals surface area contributed by atoms with E-state index in [0.29, 0.717) is 16.8 Å². The molecule has 0 spiro atoms. The lowest BCUT2D eigenvalue weighted by molar-refractivity contribution is -0.141. The summed E-state index contributed by atoms with van der Waals surface area (Å²) in [6.07, 6.45) is -2.20. The molecule has 1 saturated heterocycles. The van der Waals surface area contributed by atoms with Gasteiger partial charge in [-0.25, -0.2) is 13.8 Å². The summed E-state index contributed by atoms with van der Waals surface area (Å²) in [7, 11) is 1.72. The summed E-state index contributed by atoms with van der Waals surface area (Å²) in [4.78, 5) is 21.5. The van der Waals surface area contributed by atoms with Gasteiger partial charge in [0.05, 0.1) is 17.5 Å².